The molecule has 0 unspecified atom stereocenters. The molecule has 0 spiro atoms. The van der Waals surface area contributed by atoms with Gasteiger partial charge in [-0.05, 0) is 91.0 Å². The molecule has 7 aromatic heterocycles. The summed E-state index contributed by atoms with van der Waals surface area (Å²) in [7, 11) is 0. The number of aromatic nitrogens is 8. The minimum atomic E-state index is 0. The van der Waals surface area contributed by atoms with E-state index in [4.69, 9.17) is 15.7 Å². The predicted octanol–water partition coefficient (Wildman–Crippen LogP) is 6.37. The third-order valence-corrected chi connectivity index (χ3v) is 11.0. The van der Waals surface area contributed by atoms with Gasteiger partial charge in [0.2, 0.25) is 0 Å². The quantitative estimate of drug-likeness (QED) is 0.120. The number of benzene rings is 6. The predicted molar refractivity (Wildman–Crippen MR) is 257 cm³/mol. The van der Waals surface area contributed by atoms with Crippen molar-refractivity contribution in [2.75, 3.05) is 5.73 Å². The van der Waals surface area contributed by atoms with Gasteiger partial charge in [-0.2, -0.15) is 0 Å². The van der Waals surface area contributed by atoms with E-state index in [1.807, 2.05) is 140 Å². The normalized spacial score (nSPS) is 10.7. The average molecular weight is 1070 g/mol. The Morgan fingerprint density at radius 1 is 0.288 bits per heavy atom. The fourth-order valence-electron chi connectivity index (χ4n) is 7.85. The van der Waals surface area contributed by atoms with Crippen LogP contribution < -0.4 is 30.5 Å². The largest absolute Gasteiger partial charge is 6.00 e. The number of hydrogen-bond donors (Lipinski definition) is 1. The van der Waals surface area contributed by atoms with Crippen LogP contribution in [-0.2, 0) is 19.8 Å². The van der Waals surface area contributed by atoms with E-state index in [2.05, 4.69) is 78.4 Å². The molecule has 0 saturated carbocycles. The minimum Gasteiger partial charge on any atom is -1.00 e. The summed E-state index contributed by atoms with van der Waals surface area (Å²) in [6, 6.07) is 62.4. The van der Waals surface area contributed by atoms with Crippen LogP contribution in [-0.4, -0.2) is 39.9 Å². The first kappa shape index (κ1) is 45.0. The van der Waals surface area contributed by atoms with E-state index >= 15 is 0 Å². The fourth-order valence-corrected chi connectivity index (χ4v) is 7.85. The average Bonchev–Trinajstić information content (AvgIpc) is 3.35. The standard InChI is InChI=1S/C18H11N5.2C18H12N2.2ClH.Os/c19-10-5-6-13-14(9-10)23-18-12-4-2-8-21-16(12)15-11(17(18)22-13)3-1-7-20-15;2*1-3-7-15-13(5-1)9-11-17(19-15)18-12-10-14-6-2-4-8-16(14)20-18;;;/h1-9H,19H2;2*1-12H;2*1H;/q;;;;;+6/p-2. The Balaban J connectivity index is 0.000000132. The number of hydrogen-bond acceptors (Lipinski definition) is 9. The molecule has 0 fully saturated rings. The number of rotatable bonds is 2. The number of nitrogens with two attached hydrogens (primary N) is 1. The van der Waals surface area contributed by atoms with Gasteiger partial charge in [0, 0.05) is 50.4 Å². The van der Waals surface area contributed by atoms with E-state index in [0.717, 1.165) is 110 Å². The summed E-state index contributed by atoms with van der Waals surface area (Å²) in [4.78, 5) is 37.4. The monoisotopic (exact) mass is 1070 g/mol. The number of fused-ring (bicyclic) bond motifs is 11. The van der Waals surface area contributed by atoms with Gasteiger partial charge >= 0.3 is 19.8 Å². The van der Waals surface area contributed by atoms with E-state index in [1.54, 1.807) is 12.4 Å². The smallest absolute Gasteiger partial charge is 1.00 e. The van der Waals surface area contributed by atoms with Crippen LogP contribution in [0.3, 0.4) is 0 Å². The van der Waals surface area contributed by atoms with Crippen molar-refractivity contribution in [2.24, 2.45) is 0 Å². The number of anilines is 1. The summed E-state index contributed by atoms with van der Waals surface area (Å²) in [6.45, 7) is 0. The summed E-state index contributed by atoms with van der Waals surface area (Å²) < 4.78 is 0. The van der Waals surface area contributed by atoms with Gasteiger partial charge in [-0.25, -0.2) is 29.9 Å². The van der Waals surface area contributed by atoms with Crippen molar-refractivity contribution >= 4 is 93.2 Å². The first-order valence-corrected chi connectivity index (χ1v) is 20.5. The van der Waals surface area contributed by atoms with Crippen LogP contribution in [0.2, 0.25) is 0 Å². The molecule has 0 aliphatic rings. The summed E-state index contributed by atoms with van der Waals surface area (Å²) in [5, 5.41) is 6.51. The van der Waals surface area contributed by atoms with Crippen LogP contribution >= 0.6 is 0 Å². The fraction of sp³-hybridized carbons (Fsp3) is 0. The number of nitrogens with zero attached hydrogens (tertiary/aromatic N) is 8. The summed E-state index contributed by atoms with van der Waals surface area (Å²) >= 11 is 0. The topological polar surface area (TPSA) is 129 Å². The molecule has 66 heavy (non-hydrogen) atoms. The van der Waals surface area contributed by atoms with Crippen molar-refractivity contribution < 1.29 is 44.6 Å². The Labute approximate surface area is 404 Å². The summed E-state index contributed by atoms with van der Waals surface area (Å²) in [5.41, 5.74) is 19.2. The molecule has 13 rings (SSSR count). The second kappa shape index (κ2) is 19.6. The maximum absolute atomic E-state index is 5.88. The van der Waals surface area contributed by atoms with E-state index in [-0.39, 0.29) is 44.6 Å². The van der Waals surface area contributed by atoms with Crippen molar-refractivity contribution in [3.05, 3.63) is 200 Å². The van der Waals surface area contributed by atoms with Crippen LogP contribution in [0.15, 0.2) is 200 Å². The van der Waals surface area contributed by atoms with Crippen LogP contribution in [0, 0.1) is 0 Å². The first-order valence-electron chi connectivity index (χ1n) is 20.5. The molecule has 0 aliphatic heterocycles. The van der Waals surface area contributed by atoms with Gasteiger partial charge in [-0.3, -0.25) is 9.97 Å². The molecule has 0 radical (unpaired) electrons. The number of para-hydroxylation sites is 4. The third-order valence-electron chi connectivity index (χ3n) is 11.0. The van der Waals surface area contributed by atoms with Crippen molar-refractivity contribution in [1.82, 2.24) is 39.9 Å². The zero-order chi connectivity index (χ0) is 42.1. The van der Waals surface area contributed by atoms with Gasteiger partial charge in [-0.15, -0.1) is 0 Å². The van der Waals surface area contributed by atoms with Crippen LogP contribution in [0.4, 0.5) is 5.69 Å². The van der Waals surface area contributed by atoms with Crippen LogP contribution in [0.25, 0.3) is 110 Å². The van der Waals surface area contributed by atoms with Crippen molar-refractivity contribution in [3.63, 3.8) is 0 Å². The molecule has 0 bridgehead atoms. The minimum absolute atomic E-state index is 0. The van der Waals surface area contributed by atoms with Gasteiger partial charge in [0.1, 0.15) is 0 Å². The molecule has 2 N–H and O–H groups in total. The van der Waals surface area contributed by atoms with Crippen molar-refractivity contribution in [2.45, 2.75) is 0 Å². The molecule has 0 saturated heterocycles. The van der Waals surface area contributed by atoms with Crippen LogP contribution in [0.1, 0.15) is 0 Å². The maximum atomic E-state index is 5.88. The van der Waals surface area contributed by atoms with Crippen molar-refractivity contribution in [3.8, 4) is 22.8 Å². The Kier molecular flexibility index (Phi) is 13.4. The molecule has 13 aromatic rings. The molecule has 6 aromatic carbocycles. The van der Waals surface area contributed by atoms with Gasteiger partial charge in [0.15, 0.2) is 0 Å². The Hall–Kier alpha value is -7.60. The SMILES string of the molecule is Nc1ccc2nc3c4cccnc4c4ncccc4c3nc2c1.[Cl-].[Cl-].[Os+6].c1ccc2nc(-c3ccc4ccccc4n3)ccc2c1.c1ccc2nc(-c3ccc4ccccc4n3)ccc2c1. The molecule has 314 valence electrons. The van der Waals surface area contributed by atoms with Gasteiger partial charge in [0.25, 0.3) is 0 Å². The van der Waals surface area contributed by atoms with Crippen molar-refractivity contribution in [1.29, 1.82) is 0 Å². The van der Waals surface area contributed by atoms with Crippen LogP contribution in [0.5, 0.6) is 0 Å². The Morgan fingerprint density at radius 2 is 0.636 bits per heavy atom. The Bertz CT molecular complexity index is 3560. The maximum Gasteiger partial charge on any atom is 6.00 e. The zero-order valence-electron chi connectivity index (χ0n) is 34.8. The van der Waals surface area contributed by atoms with Gasteiger partial charge < -0.3 is 30.5 Å². The zero-order valence-corrected chi connectivity index (χ0v) is 38.9. The number of halogens is 2. The summed E-state index contributed by atoms with van der Waals surface area (Å²) in [5.74, 6) is 0. The second-order valence-electron chi connectivity index (χ2n) is 15.0. The molecule has 0 amide bonds. The van der Waals surface area contributed by atoms with E-state index < -0.39 is 0 Å². The summed E-state index contributed by atoms with van der Waals surface area (Å²) in [6.07, 6.45) is 3.55. The molecule has 7 heterocycles. The van der Waals surface area contributed by atoms with Gasteiger partial charge in [-0.1, -0.05) is 97.1 Å². The molecular formula is C54H35Cl2N9Os+4. The molecule has 0 atom stereocenters. The molecule has 12 heteroatoms. The number of pyridine rings is 6. The molecule has 0 aliphatic carbocycles. The molecule has 9 nitrogen and oxygen atoms in total. The van der Waals surface area contributed by atoms with E-state index in [9.17, 15) is 0 Å². The second-order valence-corrected chi connectivity index (χ2v) is 15.0. The Morgan fingerprint density at radius 3 is 1.02 bits per heavy atom. The van der Waals surface area contributed by atoms with Gasteiger partial charge in [0.05, 0.1) is 77.9 Å². The van der Waals surface area contributed by atoms with E-state index in [1.165, 1.54) is 0 Å². The van der Waals surface area contributed by atoms with E-state index in [0.29, 0.717) is 5.69 Å². The number of nitrogen functional groups attached to an aromatic ring is 1. The first-order chi connectivity index (χ1) is 31.1. The third kappa shape index (κ3) is 8.91. The molecular weight excluding hydrogens is 1040 g/mol.